The van der Waals surface area contributed by atoms with Crippen molar-refractivity contribution in [3.05, 3.63) is 16.1 Å². The van der Waals surface area contributed by atoms with Crippen LogP contribution in [0, 0.1) is 6.92 Å². The third-order valence-corrected chi connectivity index (χ3v) is 2.55. The van der Waals surface area contributed by atoms with E-state index in [2.05, 4.69) is 4.98 Å². The van der Waals surface area contributed by atoms with Crippen LogP contribution >= 0.6 is 11.3 Å². The number of aliphatic hydroxyl groups is 1. The van der Waals surface area contributed by atoms with Crippen molar-refractivity contribution in [2.24, 2.45) is 5.73 Å². The van der Waals surface area contributed by atoms with Gasteiger partial charge in [-0.2, -0.15) is 0 Å². The molecule has 0 aliphatic heterocycles. The highest BCUT2D eigenvalue weighted by atomic mass is 32.1. The summed E-state index contributed by atoms with van der Waals surface area (Å²) in [6.45, 7) is 2.60. The Labute approximate surface area is 76.3 Å². The van der Waals surface area contributed by atoms with Crippen LogP contribution in [-0.2, 0) is 0 Å². The van der Waals surface area contributed by atoms with E-state index in [1.807, 2.05) is 6.92 Å². The highest BCUT2D eigenvalue weighted by Crippen LogP contribution is 2.22. The van der Waals surface area contributed by atoms with E-state index in [9.17, 15) is 5.11 Å². The summed E-state index contributed by atoms with van der Waals surface area (Å²) in [5, 5.41) is 9.61. The van der Waals surface area contributed by atoms with E-state index in [4.69, 9.17) is 5.73 Å². The molecule has 1 aromatic rings. The van der Waals surface area contributed by atoms with Crippen molar-refractivity contribution in [2.75, 3.05) is 6.54 Å². The molecule has 0 saturated heterocycles. The van der Waals surface area contributed by atoms with Crippen LogP contribution in [0.1, 0.15) is 29.5 Å². The van der Waals surface area contributed by atoms with Crippen molar-refractivity contribution in [1.29, 1.82) is 0 Å². The van der Waals surface area contributed by atoms with Gasteiger partial charge >= 0.3 is 0 Å². The second kappa shape index (κ2) is 4.54. The van der Waals surface area contributed by atoms with Crippen LogP contribution in [0.4, 0.5) is 0 Å². The Balaban J connectivity index is 2.52. The summed E-state index contributed by atoms with van der Waals surface area (Å²) in [5.41, 5.74) is 7.91. The minimum Gasteiger partial charge on any atom is -0.387 e. The van der Waals surface area contributed by atoms with E-state index in [0.717, 1.165) is 17.0 Å². The molecule has 0 aliphatic carbocycles. The molecule has 4 heteroatoms. The zero-order valence-corrected chi connectivity index (χ0v) is 7.97. The topological polar surface area (TPSA) is 59.1 Å². The lowest BCUT2D eigenvalue weighted by Gasteiger charge is -2.07. The summed E-state index contributed by atoms with van der Waals surface area (Å²) in [7, 11) is 0. The molecule has 12 heavy (non-hydrogen) atoms. The minimum atomic E-state index is -0.431. The maximum atomic E-state index is 9.61. The molecule has 0 radical (unpaired) electrons. The zero-order valence-electron chi connectivity index (χ0n) is 7.16. The molecule has 0 aliphatic rings. The first kappa shape index (κ1) is 9.64. The standard InChI is InChI=1S/C8H14N2OS/c1-6-8(10-5-12-6)7(11)3-2-4-9/h5,7,11H,2-4,9H2,1H3. The molecule has 1 unspecified atom stereocenters. The van der Waals surface area contributed by atoms with Gasteiger partial charge in [-0.05, 0) is 26.3 Å². The van der Waals surface area contributed by atoms with E-state index < -0.39 is 6.10 Å². The number of aryl methyl sites for hydroxylation is 1. The molecule has 3 N–H and O–H groups in total. The summed E-state index contributed by atoms with van der Waals surface area (Å²) in [6, 6.07) is 0. The van der Waals surface area contributed by atoms with Gasteiger partial charge in [0.05, 0.1) is 17.3 Å². The van der Waals surface area contributed by atoms with E-state index in [0.29, 0.717) is 13.0 Å². The number of hydrogen-bond donors (Lipinski definition) is 2. The first-order chi connectivity index (χ1) is 5.75. The summed E-state index contributed by atoms with van der Waals surface area (Å²) >= 11 is 1.56. The molecule has 68 valence electrons. The van der Waals surface area contributed by atoms with Gasteiger partial charge in [0.25, 0.3) is 0 Å². The lowest BCUT2D eigenvalue weighted by molar-refractivity contribution is 0.161. The van der Waals surface area contributed by atoms with Gasteiger partial charge in [-0.15, -0.1) is 11.3 Å². The summed E-state index contributed by atoms with van der Waals surface area (Å²) < 4.78 is 0. The molecule has 0 aromatic carbocycles. The fraction of sp³-hybridized carbons (Fsp3) is 0.625. The Morgan fingerprint density at radius 1 is 1.75 bits per heavy atom. The average molecular weight is 186 g/mol. The largest absolute Gasteiger partial charge is 0.387 e. The third kappa shape index (κ3) is 2.27. The number of hydrogen-bond acceptors (Lipinski definition) is 4. The molecular weight excluding hydrogens is 172 g/mol. The van der Waals surface area contributed by atoms with Crippen molar-refractivity contribution in [3.63, 3.8) is 0 Å². The van der Waals surface area contributed by atoms with Gasteiger partial charge in [-0.3, -0.25) is 0 Å². The molecule has 1 rings (SSSR count). The predicted molar refractivity (Wildman–Crippen MR) is 50.1 cm³/mol. The van der Waals surface area contributed by atoms with Gasteiger partial charge in [0.1, 0.15) is 0 Å². The molecular formula is C8H14N2OS. The SMILES string of the molecule is Cc1scnc1C(O)CCCN. The van der Waals surface area contributed by atoms with E-state index >= 15 is 0 Å². The molecule has 0 amide bonds. The summed E-state index contributed by atoms with van der Waals surface area (Å²) in [6.07, 6.45) is 1.12. The number of rotatable bonds is 4. The van der Waals surface area contributed by atoms with Gasteiger partial charge in [0.15, 0.2) is 0 Å². The van der Waals surface area contributed by atoms with Gasteiger partial charge in [0, 0.05) is 4.88 Å². The molecule has 1 atom stereocenters. The molecule has 0 saturated carbocycles. The van der Waals surface area contributed by atoms with Gasteiger partial charge in [-0.1, -0.05) is 0 Å². The first-order valence-electron chi connectivity index (χ1n) is 4.04. The molecule has 3 nitrogen and oxygen atoms in total. The number of aromatic nitrogens is 1. The molecule has 0 bridgehead atoms. The molecule has 0 fully saturated rings. The molecule has 1 heterocycles. The number of aliphatic hydroxyl groups excluding tert-OH is 1. The fourth-order valence-corrected chi connectivity index (χ4v) is 1.72. The van der Waals surface area contributed by atoms with E-state index in [-0.39, 0.29) is 0 Å². The van der Waals surface area contributed by atoms with Crippen LogP contribution in [0.5, 0.6) is 0 Å². The maximum absolute atomic E-state index is 9.61. The smallest absolute Gasteiger partial charge is 0.0971 e. The van der Waals surface area contributed by atoms with Crippen LogP contribution in [0.15, 0.2) is 5.51 Å². The lowest BCUT2D eigenvalue weighted by atomic mass is 10.1. The van der Waals surface area contributed by atoms with Gasteiger partial charge in [-0.25, -0.2) is 4.98 Å². The van der Waals surface area contributed by atoms with E-state index in [1.54, 1.807) is 16.8 Å². The fourth-order valence-electron chi connectivity index (χ4n) is 1.08. The van der Waals surface area contributed by atoms with Crippen LogP contribution in [0.3, 0.4) is 0 Å². The van der Waals surface area contributed by atoms with Crippen molar-refractivity contribution < 1.29 is 5.11 Å². The Hall–Kier alpha value is -0.450. The van der Waals surface area contributed by atoms with Gasteiger partial charge < -0.3 is 10.8 Å². The number of nitrogens with two attached hydrogens (primary N) is 1. The normalized spacial score (nSPS) is 13.2. The molecule has 1 aromatic heterocycles. The van der Waals surface area contributed by atoms with Crippen molar-refractivity contribution in [3.8, 4) is 0 Å². The monoisotopic (exact) mass is 186 g/mol. The van der Waals surface area contributed by atoms with Crippen LogP contribution < -0.4 is 5.73 Å². The van der Waals surface area contributed by atoms with Crippen LogP contribution in [-0.4, -0.2) is 16.6 Å². The Bertz CT molecular complexity index is 237. The van der Waals surface area contributed by atoms with Gasteiger partial charge in [0.2, 0.25) is 0 Å². The predicted octanol–water partition coefficient (Wildman–Crippen LogP) is 1.22. The second-order valence-corrected chi connectivity index (χ2v) is 3.80. The highest BCUT2D eigenvalue weighted by Gasteiger charge is 2.11. The van der Waals surface area contributed by atoms with Crippen molar-refractivity contribution in [1.82, 2.24) is 4.98 Å². The Morgan fingerprint density at radius 2 is 2.50 bits per heavy atom. The number of thiazole rings is 1. The lowest BCUT2D eigenvalue weighted by Crippen LogP contribution is -2.04. The van der Waals surface area contributed by atoms with E-state index in [1.165, 1.54) is 0 Å². The zero-order chi connectivity index (χ0) is 8.97. The van der Waals surface area contributed by atoms with Crippen molar-refractivity contribution >= 4 is 11.3 Å². The molecule has 0 spiro atoms. The quantitative estimate of drug-likeness (QED) is 0.743. The Morgan fingerprint density at radius 3 is 3.00 bits per heavy atom. The maximum Gasteiger partial charge on any atom is 0.0971 e. The Kier molecular flexibility index (Phi) is 3.65. The number of nitrogens with zero attached hydrogens (tertiary/aromatic N) is 1. The summed E-state index contributed by atoms with van der Waals surface area (Å²) in [4.78, 5) is 5.19. The van der Waals surface area contributed by atoms with Crippen LogP contribution in [0.2, 0.25) is 0 Å². The second-order valence-electron chi connectivity index (χ2n) is 2.74. The third-order valence-electron chi connectivity index (χ3n) is 1.78. The van der Waals surface area contributed by atoms with Crippen molar-refractivity contribution in [2.45, 2.75) is 25.9 Å². The highest BCUT2D eigenvalue weighted by molar-refractivity contribution is 7.09. The minimum absolute atomic E-state index is 0.431. The summed E-state index contributed by atoms with van der Waals surface area (Å²) in [5.74, 6) is 0. The first-order valence-corrected chi connectivity index (χ1v) is 4.91. The average Bonchev–Trinajstić information content (AvgIpc) is 2.47. The van der Waals surface area contributed by atoms with Crippen LogP contribution in [0.25, 0.3) is 0 Å².